The van der Waals surface area contributed by atoms with Crippen LogP contribution in [-0.2, 0) is 6.18 Å². The van der Waals surface area contributed by atoms with Crippen LogP contribution < -0.4 is 4.74 Å². The van der Waals surface area contributed by atoms with Gasteiger partial charge in [-0.3, -0.25) is 0 Å². The molecule has 0 aliphatic heterocycles. The molecular formula is C15H11F3N2O. The highest BCUT2D eigenvalue weighted by Crippen LogP contribution is 2.32. The molecule has 0 saturated heterocycles. The van der Waals surface area contributed by atoms with Crippen molar-refractivity contribution < 1.29 is 17.9 Å². The second kappa shape index (κ2) is 4.80. The Hall–Kier alpha value is -2.50. The number of rotatable bonds is 2. The molecule has 0 fully saturated rings. The molecule has 2 aromatic heterocycles. The Balaban J connectivity index is 2.08. The predicted molar refractivity (Wildman–Crippen MR) is 72.2 cm³/mol. The zero-order valence-electron chi connectivity index (χ0n) is 11.1. The molecule has 3 nitrogen and oxygen atoms in total. The third-order valence-electron chi connectivity index (χ3n) is 3.15. The minimum Gasteiger partial charge on any atom is -0.497 e. The van der Waals surface area contributed by atoms with Crippen LogP contribution in [0.2, 0.25) is 0 Å². The Morgan fingerprint density at radius 3 is 2.67 bits per heavy atom. The fourth-order valence-electron chi connectivity index (χ4n) is 2.08. The minimum absolute atomic E-state index is 0.424. The van der Waals surface area contributed by atoms with Gasteiger partial charge in [-0.2, -0.15) is 13.2 Å². The van der Waals surface area contributed by atoms with Crippen LogP contribution in [0.4, 0.5) is 13.2 Å². The molecule has 0 spiro atoms. The van der Waals surface area contributed by atoms with E-state index in [-0.39, 0.29) is 0 Å². The summed E-state index contributed by atoms with van der Waals surface area (Å²) in [5.74, 6) is 0.642. The number of imidazole rings is 1. The normalized spacial score (nSPS) is 11.8. The second-order valence-electron chi connectivity index (χ2n) is 4.54. The van der Waals surface area contributed by atoms with E-state index < -0.39 is 11.7 Å². The van der Waals surface area contributed by atoms with E-state index in [1.54, 1.807) is 42.1 Å². The van der Waals surface area contributed by atoms with Gasteiger partial charge in [0, 0.05) is 24.0 Å². The lowest BCUT2D eigenvalue weighted by atomic mass is 10.1. The Labute approximate surface area is 118 Å². The van der Waals surface area contributed by atoms with E-state index in [2.05, 4.69) is 4.98 Å². The average molecular weight is 292 g/mol. The zero-order valence-corrected chi connectivity index (χ0v) is 11.1. The number of benzene rings is 1. The van der Waals surface area contributed by atoms with Crippen molar-refractivity contribution in [2.75, 3.05) is 7.11 Å². The van der Waals surface area contributed by atoms with Crippen LogP contribution in [0.3, 0.4) is 0 Å². The number of halogens is 3. The molecule has 0 saturated carbocycles. The topological polar surface area (TPSA) is 26.5 Å². The van der Waals surface area contributed by atoms with Gasteiger partial charge in [0.25, 0.3) is 0 Å². The number of nitrogens with zero attached hydrogens (tertiary/aromatic N) is 2. The molecule has 6 heteroatoms. The molecule has 2 heterocycles. The van der Waals surface area contributed by atoms with Gasteiger partial charge >= 0.3 is 6.18 Å². The fourth-order valence-corrected chi connectivity index (χ4v) is 2.08. The van der Waals surface area contributed by atoms with Crippen LogP contribution >= 0.6 is 0 Å². The quantitative estimate of drug-likeness (QED) is 0.713. The van der Waals surface area contributed by atoms with Crippen molar-refractivity contribution in [2.45, 2.75) is 6.18 Å². The first kappa shape index (κ1) is 13.5. The van der Waals surface area contributed by atoms with E-state index in [0.29, 0.717) is 22.7 Å². The van der Waals surface area contributed by atoms with E-state index in [0.717, 1.165) is 12.1 Å². The number of pyridine rings is 1. The van der Waals surface area contributed by atoms with Gasteiger partial charge in [-0.25, -0.2) is 4.98 Å². The highest BCUT2D eigenvalue weighted by molar-refractivity contribution is 5.64. The molecule has 21 heavy (non-hydrogen) atoms. The molecule has 3 aromatic rings. The van der Waals surface area contributed by atoms with Crippen LogP contribution in [0.5, 0.6) is 5.75 Å². The summed E-state index contributed by atoms with van der Waals surface area (Å²) in [6.07, 6.45) is -0.930. The number of fused-ring (bicyclic) bond motifs is 1. The molecule has 0 radical (unpaired) electrons. The molecule has 0 atom stereocenters. The lowest BCUT2D eigenvalue weighted by Gasteiger charge is -2.07. The molecule has 0 aliphatic carbocycles. The highest BCUT2D eigenvalue weighted by atomic mass is 19.4. The van der Waals surface area contributed by atoms with Gasteiger partial charge in [0.1, 0.15) is 11.4 Å². The smallest absolute Gasteiger partial charge is 0.416 e. The van der Waals surface area contributed by atoms with Crippen LogP contribution in [0.1, 0.15) is 5.56 Å². The molecular weight excluding hydrogens is 281 g/mol. The minimum atomic E-state index is -4.36. The van der Waals surface area contributed by atoms with Gasteiger partial charge in [-0.15, -0.1) is 0 Å². The van der Waals surface area contributed by atoms with Crippen LogP contribution in [0.15, 0.2) is 48.8 Å². The number of hydrogen-bond acceptors (Lipinski definition) is 2. The third kappa shape index (κ3) is 2.56. The van der Waals surface area contributed by atoms with Crippen LogP contribution in [-0.4, -0.2) is 16.5 Å². The van der Waals surface area contributed by atoms with Gasteiger partial charge < -0.3 is 9.14 Å². The van der Waals surface area contributed by atoms with Gasteiger partial charge in [-0.05, 0) is 18.2 Å². The number of hydrogen-bond donors (Lipinski definition) is 0. The van der Waals surface area contributed by atoms with Gasteiger partial charge in [0.15, 0.2) is 0 Å². The largest absolute Gasteiger partial charge is 0.497 e. The van der Waals surface area contributed by atoms with Crippen molar-refractivity contribution in [3.05, 3.63) is 54.4 Å². The Morgan fingerprint density at radius 2 is 1.95 bits per heavy atom. The first-order valence-corrected chi connectivity index (χ1v) is 6.18. The van der Waals surface area contributed by atoms with Crippen molar-refractivity contribution >= 4 is 5.65 Å². The zero-order chi connectivity index (χ0) is 15.0. The van der Waals surface area contributed by atoms with Crippen molar-refractivity contribution in [3.8, 4) is 17.0 Å². The number of alkyl halides is 3. The fraction of sp³-hybridized carbons (Fsp3) is 0.133. The summed E-state index contributed by atoms with van der Waals surface area (Å²) in [4.78, 5) is 4.33. The van der Waals surface area contributed by atoms with E-state index in [9.17, 15) is 13.2 Å². The number of aromatic nitrogens is 2. The van der Waals surface area contributed by atoms with Gasteiger partial charge in [0.2, 0.25) is 0 Å². The van der Waals surface area contributed by atoms with Crippen molar-refractivity contribution in [1.82, 2.24) is 9.38 Å². The molecule has 0 aliphatic rings. The molecule has 0 amide bonds. The van der Waals surface area contributed by atoms with E-state index in [4.69, 9.17) is 4.74 Å². The number of ether oxygens (including phenoxy) is 1. The molecule has 0 bridgehead atoms. The first-order chi connectivity index (χ1) is 9.97. The molecule has 3 rings (SSSR count). The van der Waals surface area contributed by atoms with E-state index >= 15 is 0 Å². The number of methoxy groups -OCH3 is 1. The van der Waals surface area contributed by atoms with Crippen LogP contribution in [0.25, 0.3) is 16.9 Å². The van der Waals surface area contributed by atoms with Gasteiger partial charge in [0.05, 0.1) is 18.4 Å². The predicted octanol–water partition coefficient (Wildman–Crippen LogP) is 4.03. The Bertz CT molecular complexity index is 793. The molecule has 1 aromatic carbocycles. The third-order valence-corrected chi connectivity index (χ3v) is 3.15. The summed E-state index contributed by atoms with van der Waals surface area (Å²) >= 11 is 0. The molecule has 108 valence electrons. The van der Waals surface area contributed by atoms with Crippen molar-refractivity contribution in [2.24, 2.45) is 0 Å². The van der Waals surface area contributed by atoms with E-state index in [1.165, 1.54) is 6.07 Å². The second-order valence-corrected chi connectivity index (χ2v) is 4.54. The monoisotopic (exact) mass is 292 g/mol. The first-order valence-electron chi connectivity index (χ1n) is 6.18. The molecule has 0 unspecified atom stereocenters. The van der Waals surface area contributed by atoms with Crippen molar-refractivity contribution in [1.29, 1.82) is 0 Å². The maximum Gasteiger partial charge on any atom is 0.416 e. The summed E-state index contributed by atoms with van der Waals surface area (Å²) in [5.41, 5.74) is 0.832. The maximum absolute atomic E-state index is 12.7. The molecule has 0 N–H and O–H groups in total. The van der Waals surface area contributed by atoms with Gasteiger partial charge in [-0.1, -0.05) is 12.1 Å². The summed E-state index contributed by atoms with van der Waals surface area (Å²) in [6.45, 7) is 0. The van der Waals surface area contributed by atoms with Crippen LogP contribution in [0, 0.1) is 0 Å². The average Bonchev–Trinajstić information content (AvgIpc) is 2.89. The van der Waals surface area contributed by atoms with E-state index in [1.807, 2.05) is 0 Å². The maximum atomic E-state index is 12.7. The SMILES string of the molecule is COc1ccn2cc(-c3cccc(C(F)(F)F)c3)nc2c1. The Kier molecular flexibility index (Phi) is 3.08. The highest BCUT2D eigenvalue weighted by Gasteiger charge is 2.30. The lowest BCUT2D eigenvalue weighted by Crippen LogP contribution is -2.04. The summed E-state index contributed by atoms with van der Waals surface area (Å²) in [6, 6.07) is 8.60. The lowest BCUT2D eigenvalue weighted by molar-refractivity contribution is -0.137. The van der Waals surface area contributed by atoms with Crippen molar-refractivity contribution in [3.63, 3.8) is 0 Å². The standard InChI is InChI=1S/C15H11F3N2O/c1-21-12-5-6-20-9-13(19-14(20)8-12)10-3-2-4-11(7-10)15(16,17)18/h2-9H,1H3. The summed E-state index contributed by atoms with van der Waals surface area (Å²) in [5, 5.41) is 0. The summed E-state index contributed by atoms with van der Waals surface area (Å²) < 4.78 is 45.1. The summed E-state index contributed by atoms with van der Waals surface area (Å²) in [7, 11) is 1.54. The Morgan fingerprint density at radius 1 is 1.14 bits per heavy atom.